The average molecular weight is 417 g/mol. The highest BCUT2D eigenvalue weighted by atomic mass is 16.5. The molecule has 2 unspecified atom stereocenters. The molecule has 0 saturated carbocycles. The van der Waals surface area contributed by atoms with Crippen LogP contribution in [0.1, 0.15) is 35.6 Å². The average Bonchev–Trinajstić information content (AvgIpc) is 2.78. The monoisotopic (exact) mass is 416 g/mol. The second-order valence-corrected chi connectivity index (χ2v) is 6.76. The van der Waals surface area contributed by atoms with Gasteiger partial charge in [0.1, 0.15) is 0 Å². The van der Waals surface area contributed by atoms with E-state index in [1.165, 1.54) is 0 Å². The summed E-state index contributed by atoms with van der Waals surface area (Å²) in [5.41, 5.74) is 2.95. The van der Waals surface area contributed by atoms with Gasteiger partial charge >= 0.3 is 0 Å². The molecule has 0 aliphatic heterocycles. The normalized spacial score (nSPS) is 13.2. The summed E-state index contributed by atoms with van der Waals surface area (Å²) in [6.45, 7) is 2.64. The molecule has 2 rings (SSSR count). The molecule has 6 heteroatoms. The summed E-state index contributed by atoms with van der Waals surface area (Å²) in [6, 6.07) is 9.84. The van der Waals surface area contributed by atoms with Crippen molar-refractivity contribution in [3.05, 3.63) is 53.1 Å². The summed E-state index contributed by atoms with van der Waals surface area (Å²) in [7, 11) is 9.89. The Bertz CT molecular complexity index is 846. The molecule has 2 atom stereocenters. The second kappa shape index (κ2) is 11.5. The van der Waals surface area contributed by atoms with E-state index in [0.717, 1.165) is 16.7 Å². The number of ether oxygens (including phenoxy) is 6. The predicted molar refractivity (Wildman–Crippen MR) is 118 cm³/mol. The van der Waals surface area contributed by atoms with Gasteiger partial charge in [-0.25, -0.2) is 0 Å². The van der Waals surface area contributed by atoms with Crippen LogP contribution in [0, 0.1) is 0 Å². The Labute approximate surface area is 179 Å². The zero-order valence-corrected chi connectivity index (χ0v) is 18.9. The van der Waals surface area contributed by atoms with Crippen molar-refractivity contribution in [1.82, 2.24) is 0 Å². The summed E-state index contributed by atoms with van der Waals surface area (Å²) in [5.74, 6) is 2.66. The van der Waals surface area contributed by atoms with Gasteiger partial charge in [-0.2, -0.15) is 0 Å². The van der Waals surface area contributed by atoms with Gasteiger partial charge in [-0.05, 0) is 35.4 Å². The van der Waals surface area contributed by atoms with Gasteiger partial charge in [-0.3, -0.25) is 0 Å². The fourth-order valence-electron chi connectivity index (χ4n) is 3.55. The molecule has 0 aliphatic rings. The molecule has 0 N–H and O–H groups in total. The molecule has 0 amide bonds. The van der Waals surface area contributed by atoms with Crippen molar-refractivity contribution in [2.24, 2.45) is 0 Å². The highest BCUT2D eigenvalue weighted by molar-refractivity contribution is 5.60. The van der Waals surface area contributed by atoms with Gasteiger partial charge in [0.2, 0.25) is 0 Å². The van der Waals surface area contributed by atoms with Crippen LogP contribution >= 0.6 is 0 Å². The Hall–Kier alpha value is -2.70. The minimum Gasteiger partial charge on any atom is -0.493 e. The van der Waals surface area contributed by atoms with Crippen LogP contribution in [-0.2, 0) is 9.47 Å². The van der Waals surface area contributed by atoms with Crippen molar-refractivity contribution in [3.63, 3.8) is 0 Å². The van der Waals surface area contributed by atoms with Crippen molar-refractivity contribution < 1.29 is 28.4 Å². The Morgan fingerprint density at radius 2 is 1.50 bits per heavy atom. The molecule has 0 bridgehead atoms. The molecular formula is C24H32O6. The summed E-state index contributed by atoms with van der Waals surface area (Å²) in [4.78, 5) is 0. The zero-order chi connectivity index (χ0) is 22.1. The Balaban J connectivity index is 2.52. The molecule has 0 fully saturated rings. The first-order valence-corrected chi connectivity index (χ1v) is 9.70. The maximum Gasteiger partial charge on any atom is 0.164 e. The molecule has 0 saturated heterocycles. The highest BCUT2D eigenvalue weighted by Crippen LogP contribution is 2.44. The zero-order valence-electron chi connectivity index (χ0n) is 18.9. The Morgan fingerprint density at radius 3 is 2.07 bits per heavy atom. The molecule has 0 aliphatic carbocycles. The summed E-state index contributed by atoms with van der Waals surface area (Å²) in [5, 5.41) is 0. The fourth-order valence-corrected chi connectivity index (χ4v) is 3.55. The smallest absolute Gasteiger partial charge is 0.164 e. The van der Waals surface area contributed by atoms with Gasteiger partial charge in [0.05, 0.1) is 41.2 Å². The summed E-state index contributed by atoms with van der Waals surface area (Å²) in [6.07, 6.45) is 3.72. The van der Waals surface area contributed by atoms with Crippen LogP contribution in [0.4, 0.5) is 0 Å². The van der Waals surface area contributed by atoms with Crippen molar-refractivity contribution in [2.75, 3.05) is 49.3 Å². The number of methoxy groups -OCH3 is 6. The van der Waals surface area contributed by atoms with Gasteiger partial charge in [-0.1, -0.05) is 25.1 Å². The standard InChI is InChI=1S/C24H32O6/c1-16(23(29-6)18-10-11-20(26-3)21(15-18)27-4)19-13-17(9-8-12-25-2)14-22(28-5)24(19)30-7/h8-11,13-16,23H,12H2,1-7H3/b9-8+. The van der Waals surface area contributed by atoms with E-state index < -0.39 is 0 Å². The fraction of sp³-hybridized carbons (Fsp3) is 0.417. The number of rotatable bonds is 11. The second-order valence-electron chi connectivity index (χ2n) is 6.76. The molecule has 0 heterocycles. The van der Waals surface area contributed by atoms with Crippen LogP contribution in [0.2, 0.25) is 0 Å². The third-order valence-electron chi connectivity index (χ3n) is 5.04. The molecule has 2 aromatic rings. The van der Waals surface area contributed by atoms with E-state index in [1.54, 1.807) is 42.7 Å². The lowest BCUT2D eigenvalue weighted by molar-refractivity contribution is 0.0824. The van der Waals surface area contributed by atoms with E-state index in [-0.39, 0.29) is 12.0 Å². The topological polar surface area (TPSA) is 55.4 Å². The summed E-state index contributed by atoms with van der Waals surface area (Å²) < 4.78 is 33.1. The SMILES string of the molecule is COC/C=C/c1cc(OC)c(OC)c(C(C)C(OC)c2ccc(OC)c(OC)c2)c1. The van der Waals surface area contributed by atoms with E-state index in [0.29, 0.717) is 29.6 Å². The quantitative estimate of drug-likeness (QED) is 0.521. The van der Waals surface area contributed by atoms with E-state index in [2.05, 4.69) is 13.0 Å². The molecule has 0 radical (unpaired) electrons. The molecule has 30 heavy (non-hydrogen) atoms. The van der Waals surface area contributed by atoms with E-state index in [4.69, 9.17) is 28.4 Å². The largest absolute Gasteiger partial charge is 0.493 e. The summed E-state index contributed by atoms with van der Waals surface area (Å²) >= 11 is 0. The van der Waals surface area contributed by atoms with Crippen molar-refractivity contribution >= 4 is 6.08 Å². The third kappa shape index (κ3) is 5.26. The molecule has 2 aromatic carbocycles. The van der Waals surface area contributed by atoms with Crippen LogP contribution in [0.3, 0.4) is 0 Å². The minimum absolute atomic E-state index is 0.0345. The molecule has 0 spiro atoms. The van der Waals surface area contributed by atoms with E-state index in [9.17, 15) is 0 Å². The Kier molecular flexibility index (Phi) is 9.02. The number of hydrogen-bond donors (Lipinski definition) is 0. The van der Waals surface area contributed by atoms with Crippen molar-refractivity contribution in [1.29, 1.82) is 0 Å². The van der Waals surface area contributed by atoms with Crippen LogP contribution in [-0.4, -0.2) is 49.3 Å². The van der Waals surface area contributed by atoms with Crippen LogP contribution in [0.5, 0.6) is 23.0 Å². The first kappa shape index (κ1) is 23.6. The number of hydrogen-bond acceptors (Lipinski definition) is 6. The lowest BCUT2D eigenvalue weighted by atomic mass is 9.88. The molecular weight excluding hydrogens is 384 g/mol. The van der Waals surface area contributed by atoms with E-state index >= 15 is 0 Å². The third-order valence-corrected chi connectivity index (χ3v) is 5.04. The van der Waals surface area contributed by atoms with Crippen molar-refractivity contribution in [3.8, 4) is 23.0 Å². The van der Waals surface area contributed by atoms with Gasteiger partial charge in [0.15, 0.2) is 23.0 Å². The first-order valence-electron chi connectivity index (χ1n) is 9.70. The molecule has 0 aromatic heterocycles. The number of benzene rings is 2. The predicted octanol–water partition coefficient (Wildman–Crippen LogP) is 4.87. The first-order chi connectivity index (χ1) is 14.5. The Morgan fingerprint density at radius 1 is 0.800 bits per heavy atom. The van der Waals surface area contributed by atoms with Gasteiger partial charge in [0, 0.05) is 25.7 Å². The maximum absolute atomic E-state index is 5.91. The highest BCUT2D eigenvalue weighted by Gasteiger charge is 2.26. The molecule has 6 nitrogen and oxygen atoms in total. The van der Waals surface area contributed by atoms with Gasteiger partial charge in [-0.15, -0.1) is 0 Å². The lowest BCUT2D eigenvalue weighted by Gasteiger charge is -2.26. The van der Waals surface area contributed by atoms with Crippen LogP contribution in [0.25, 0.3) is 6.08 Å². The van der Waals surface area contributed by atoms with Crippen LogP contribution < -0.4 is 18.9 Å². The lowest BCUT2D eigenvalue weighted by Crippen LogP contribution is -2.13. The minimum atomic E-state index is -0.235. The van der Waals surface area contributed by atoms with E-state index in [1.807, 2.05) is 36.4 Å². The van der Waals surface area contributed by atoms with Crippen LogP contribution in [0.15, 0.2) is 36.4 Å². The van der Waals surface area contributed by atoms with Gasteiger partial charge < -0.3 is 28.4 Å². The molecule has 164 valence electrons. The maximum atomic E-state index is 5.91. The van der Waals surface area contributed by atoms with Crippen molar-refractivity contribution in [2.45, 2.75) is 18.9 Å². The van der Waals surface area contributed by atoms with Gasteiger partial charge in [0.25, 0.3) is 0 Å².